The summed E-state index contributed by atoms with van der Waals surface area (Å²) in [6.07, 6.45) is -2.54. The van der Waals surface area contributed by atoms with Crippen molar-refractivity contribution in [1.29, 1.82) is 0 Å². The van der Waals surface area contributed by atoms with E-state index in [-0.39, 0.29) is 6.61 Å². The minimum absolute atomic E-state index is 0.0407. The van der Waals surface area contributed by atoms with Crippen LogP contribution >= 0.6 is 0 Å². The van der Waals surface area contributed by atoms with Gasteiger partial charge in [-0.05, 0) is 6.72 Å². The second kappa shape index (κ2) is 2.66. The van der Waals surface area contributed by atoms with Crippen molar-refractivity contribution in [1.82, 2.24) is 0 Å². The molecule has 1 rings (SSSR count). The number of cyclic esters (lactones) is 2. The average Bonchev–Trinajstić information content (AvgIpc) is 2.34. The van der Waals surface area contributed by atoms with E-state index in [1.165, 1.54) is 0 Å². The predicted molar refractivity (Wildman–Crippen MR) is 31.8 cm³/mol. The van der Waals surface area contributed by atoms with Crippen molar-refractivity contribution in [2.75, 3.05) is 6.61 Å². The fourth-order valence-electron chi connectivity index (χ4n) is 0.606. The molecule has 0 bridgehead atoms. The molecule has 5 heteroatoms. The Morgan fingerprint density at radius 3 is 3.00 bits per heavy atom. The zero-order valence-electron chi connectivity index (χ0n) is 5.19. The number of carbonyl (C=O) groups is 1. The topological polar surface area (TPSA) is 68.1 Å². The lowest BCUT2D eigenvalue weighted by Gasteiger charge is -2.07. The van der Waals surface area contributed by atoms with Crippen LogP contribution in [0, 0.1) is 0 Å². The quantitative estimate of drug-likeness (QED) is 0.421. The maximum atomic E-state index is 10.3. The number of ether oxygens (including phenoxy) is 2. The largest absolute Gasteiger partial charge is 0.508 e. The van der Waals surface area contributed by atoms with Crippen LogP contribution in [-0.2, 0) is 9.47 Å². The molecule has 0 aromatic carbocycles. The Labute approximate surface area is 57.3 Å². The number of carbonyl (C=O) groups excluding carboxylic acids is 1. The molecule has 56 valence electrons. The van der Waals surface area contributed by atoms with E-state index in [2.05, 4.69) is 21.2 Å². The van der Waals surface area contributed by atoms with Crippen molar-refractivity contribution in [2.45, 2.75) is 12.3 Å². The number of hydrogen-bond donors (Lipinski definition) is 1. The second-order valence-corrected chi connectivity index (χ2v) is 1.81. The summed E-state index contributed by atoms with van der Waals surface area (Å²) in [5, 5.41) is 8.89. The first-order valence-corrected chi connectivity index (χ1v) is 2.71. The van der Waals surface area contributed by atoms with Gasteiger partial charge in [-0.15, -0.1) is 0 Å². The third kappa shape index (κ3) is 1.24. The first-order valence-electron chi connectivity index (χ1n) is 2.71. The summed E-state index contributed by atoms with van der Waals surface area (Å²) < 4.78 is 8.85. The van der Waals surface area contributed by atoms with Gasteiger partial charge in [0.05, 0.1) is 0 Å². The van der Waals surface area contributed by atoms with Crippen LogP contribution in [0.1, 0.15) is 0 Å². The molecule has 1 N–H and O–H groups in total. The van der Waals surface area contributed by atoms with E-state index in [0.717, 1.165) is 0 Å². The van der Waals surface area contributed by atoms with Crippen molar-refractivity contribution in [3.05, 3.63) is 0 Å². The highest BCUT2D eigenvalue weighted by atomic mass is 16.8. The van der Waals surface area contributed by atoms with Crippen molar-refractivity contribution in [3.63, 3.8) is 0 Å². The summed E-state index contributed by atoms with van der Waals surface area (Å²) in [6.45, 7) is 3.12. The predicted octanol–water partition coefficient (Wildman–Crippen LogP) is -0.459. The van der Waals surface area contributed by atoms with Crippen LogP contribution in [0.25, 0.3) is 0 Å². The molecule has 2 atom stereocenters. The molecule has 0 aromatic rings. The zero-order valence-corrected chi connectivity index (χ0v) is 5.19. The summed E-state index contributed by atoms with van der Waals surface area (Å²) in [6, 6.07) is 0. The van der Waals surface area contributed by atoms with E-state index in [1.54, 1.807) is 0 Å². The Balaban J connectivity index is 2.43. The van der Waals surface area contributed by atoms with Gasteiger partial charge in [0.15, 0.2) is 12.3 Å². The van der Waals surface area contributed by atoms with Crippen LogP contribution in [0.4, 0.5) is 4.79 Å². The molecule has 5 nitrogen and oxygen atoms in total. The lowest BCUT2D eigenvalue weighted by molar-refractivity contribution is 0.0387. The highest BCUT2D eigenvalue weighted by molar-refractivity contribution is 5.61. The Morgan fingerprint density at radius 2 is 2.60 bits per heavy atom. The monoisotopic (exact) mass is 145 g/mol. The third-order valence-electron chi connectivity index (χ3n) is 1.13. The van der Waals surface area contributed by atoms with E-state index < -0.39 is 18.5 Å². The van der Waals surface area contributed by atoms with Gasteiger partial charge < -0.3 is 14.6 Å². The highest BCUT2D eigenvalue weighted by Gasteiger charge is 2.30. The molecule has 1 saturated heterocycles. The summed E-state index contributed by atoms with van der Waals surface area (Å²) >= 11 is 0. The molecule has 1 aliphatic rings. The number of nitrogens with zero attached hydrogens (tertiary/aromatic N) is 1. The summed E-state index contributed by atoms with van der Waals surface area (Å²) in [4.78, 5) is 13.5. The van der Waals surface area contributed by atoms with Crippen molar-refractivity contribution < 1.29 is 19.4 Å². The Bertz CT molecular complexity index is 158. The molecule has 1 heterocycles. The Kier molecular flexibility index (Phi) is 1.86. The minimum atomic E-state index is -1.08. The molecule has 0 spiro atoms. The molecule has 0 saturated carbocycles. The lowest BCUT2D eigenvalue weighted by Crippen LogP contribution is -2.25. The minimum Gasteiger partial charge on any atom is -0.430 e. The van der Waals surface area contributed by atoms with E-state index >= 15 is 0 Å². The van der Waals surface area contributed by atoms with Crippen molar-refractivity contribution in [3.8, 4) is 0 Å². The van der Waals surface area contributed by atoms with Crippen LogP contribution in [0.2, 0.25) is 0 Å². The van der Waals surface area contributed by atoms with Gasteiger partial charge in [0.2, 0.25) is 0 Å². The molecular weight excluding hydrogens is 138 g/mol. The van der Waals surface area contributed by atoms with Crippen molar-refractivity contribution >= 4 is 12.9 Å². The number of aliphatic hydroxyl groups excluding tert-OH is 1. The molecule has 1 aliphatic heterocycles. The average molecular weight is 145 g/mol. The SMILES string of the molecule is C=NC(O)C1COC(=O)O1. The molecule has 0 radical (unpaired) electrons. The summed E-state index contributed by atoms with van der Waals surface area (Å²) in [5.41, 5.74) is 0. The van der Waals surface area contributed by atoms with Crippen molar-refractivity contribution in [2.24, 2.45) is 4.99 Å². The van der Waals surface area contributed by atoms with Crippen LogP contribution in [-0.4, -0.2) is 36.9 Å². The fraction of sp³-hybridized carbons (Fsp3) is 0.600. The van der Waals surface area contributed by atoms with Gasteiger partial charge in [-0.25, -0.2) is 4.79 Å². The number of hydrogen-bond acceptors (Lipinski definition) is 5. The molecule has 0 aromatic heterocycles. The van der Waals surface area contributed by atoms with Gasteiger partial charge in [-0.3, -0.25) is 4.99 Å². The van der Waals surface area contributed by atoms with Gasteiger partial charge in [-0.2, -0.15) is 0 Å². The second-order valence-electron chi connectivity index (χ2n) is 1.81. The first kappa shape index (κ1) is 7.01. The molecule has 0 amide bonds. The third-order valence-corrected chi connectivity index (χ3v) is 1.13. The summed E-state index contributed by atoms with van der Waals surface area (Å²) in [7, 11) is 0. The molecule has 1 fully saturated rings. The number of aliphatic hydroxyl groups is 1. The van der Waals surface area contributed by atoms with Gasteiger partial charge in [0.1, 0.15) is 6.61 Å². The molecular formula is C5H7NO4. The van der Waals surface area contributed by atoms with Crippen LogP contribution in [0.5, 0.6) is 0 Å². The Hall–Kier alpha value is -1.10. The maximum absolute atomic E-state index is 10.3. The van der Waals surface area contributed by atoms with Gasteiger partial charge in [-0.1, -0.05) is 0 Å². The number of aliphatic imine (C=N–C) groups is 1. The smallest absolute Gasteiger partial charge is 0.430 e. The van der Waals surface area contributed by atoms with E-state index in [9.17, 15) is 4.79 Å². The van der Waals surface area contributed by atoms with Crippen LogP contribution in [0.15, 0.2) is 4.99 Å². The number of rotatable bonds is 2. The van der Waals surface area contributed by atoms with E-state index in [0.29, 0.717) is 0 Å². The highest BCUT2D eigenvalue weighted by Crippen LogP contribution is 2.10. The fourth-order valence-corrected chi connectivity index (χ4v) is 0.606. The van der Waals surface area contributed by atoms with Gasteiger partial charge in [0.25, 0.3) is 0 Å². The molecule has 10 heavy (non-hydrogen) atoms. The summed E-state index contributed by atoms with van der Waals surface area (Å²) in [5.74, 6) is 0. The lowest BCUT2D eigenvalue weighted by atomic mass is 10.3. The van der Waals surface area contributed by atoms with Gasteiger partial charge in [0, 0.05) is 0 Å². The Morgan fingerprint density at radius 1 is 1.90 bits per heavy atom. The maximum Gasteiger partial charge on any atom is 0.508 e. The van der Waals surface area contributed by atoms with E-state index in [4.69, 9.17) is 5.11 Å². The standard InChI is InChI=1S/C5H7NO4/c1-6-4(7)3-2-9-5(8)10-3/h3-4,7H,1-2H2. The van der Waals surface area contributed by atoms with Crippen LogP contribution < -0.4 is 0 Å². The first-order chi connectivity index (χ1) is 4.74. The molecule has 0 aliphatic carbocycles. The molecule has 2 unspecified atom stereocenters. The normalized spacial score (nSPS) is 26.9. The van der Waals surface area contributed by atoms with Gasteiger partial charge >= 0.3 is 6.16 Å². The van der Waals surface area contributed by atoms with E-state index in [1.807, 2.05) is 0 Å². The van der Waals surface area contributed by atoms with Crippen LogP contribution in [0.3, 0.4) is 0 Å². The zero-order chi connectivity index (χ0) is 7.56.